The van der Waals surface area contributed by atoms with Gasteiger partial charge in [0, 0.05) is 29.5 Å². The maximum Gasteiger partial charge on any atom is 0.217 e. The number of aryl methyl sites for hydroxylation is 1. The Morgan fingerprint density at radius 2 is 2.13 bits per heavy atom. The third-order valence-corrected chi connectivity index (χ3v) is 5.82. The second-order valence-electron chi connectivity index (χ2n) is 7.38. The number of nitrogens with zero attached hydrogens (tertiary/aromatic N) is 4. The molecule has 3 N–H and O–H groups in total. The molecule has 0 radical (unpaired) electrons. The van der Waals surface area contributed by atoms with E-state index in [4.69, 9.17) is 10.7 Å². The molecule has 0 aliphatic heterocycles. The Labute approximate surface area is 181 Å². The molecule has 3 aromatic heterocycles. The van der Waals surface area contributed by atoms with E-state index in [9.17, 15) is 4.79 Å². The zero-order valence-corrected chi connectivity index (χ0v) is 17.8. The highest BCUT2D eigenvalue weighted by atomic mass is 79.9. The first-order chi connectivity index (χ1) is 14.5. The quantitative estimate of drug-likeness (QED) is 0.480. The molecule has 1 aromatic carbocycles. The lowest BCUT2D eigenvalue weighted by Gasteiger charge is -2.14. The van der Waals surface area contributed by atoms with Crippen molar-refractivity contribution in [2.24, 2.45) is 0 Å². The summed E-state index contributed by atoms with van der Waals surface area (Å²) in [7, 11) is 0. The molecular weight excluding hydrogens is 444 g/mol. The van der Waals surface area contributed by atoms with Gasteiger partial charge in [-0.3, -0.25) is 9.36 Å². The number of carbonyl (C=O) groups excluding carboxylic acids is 1. The lowest BCUT2D eigenvalue weighted by molar-refractivity contribution is -0.119. The Morgan fingerprint density at radius 1 is 1.27 bits per heavy atom. The Bertz CT molecular complexity index is 1300. The van der Waals surface area contributed by atoms with Gasteiger partial charge in [-0.25, -0.2) is 15.0 Å². The van der Waals surface area contributed by atoms with Crippen molar-refractivity contribution >= 4 is 38.8 Å². The van der Waals surface area contributed by atoms with Crippen molar-refractivity contribution in [2.75, 3.05) is 5.73 Å². The average molecular weight is 463 g/mol. The number of carbonyl (C=O) groups is 1. The minimum absolute atomic E-state index is 0.0124. The first-order valence-electron chi connectivity index (χ1n) is 9.66. The van der Waals surface area contributed by atoms with Gasteiger partial charge in [-0.1, -0.05) is 6.07 Å². The average Bonchev–Trinajstić information content (AvgIpc) is 3.28. The summed E-state index contributed by atoms with van der Waals surface area (Å²) in [6.45, 7) is 1.55. The van der Waals surface area contributed by atoms with Crippen LogP contribution in [0.1, 0.15) is 30.5 Å². The summed E-state index contributed by atoms with van der Waals surface area (Å²) in [5, 5.41) is 3.03. The lowest BCUT2D eigenvalue weighted by atomic mass is 10.1. The predicted octanol–water partition coefficient (Wildman–Crippen LogP) is 3.95. The fourth-order valence-electron chi connectivity index (χ4n) is 4.11. The van der Waals surface area contributed by atoms with Crippen LogP contribution in [-0.2, 0) is 11.2 Å². The van der Waals surface area contributed by atoms with E-state index in [0.717, 1.165) is 45.3 Å². The first-order valence-corrected chi connectivity index (χ1v) is 10.5. The molecule has 0 unspecified atom stereocenters. The van der Waals surface area contributed by atoms with Crippen LogP contribution in [0.15, 0.2) is 53.3 Å². The summed E-state index contributed by atoms with van der Waals surface area (Å²) in [6, 6.07) is 12.0. The number of halogens is 1. The second-order valence-corrected chi connectivity index (χ2v) is 8.29. The molecule has 1 amide bonds. The van der Waals surface area contributed by atoms with E-state index in [1.165, 1.54) is 5.56 Å². The van der Waals surface area contributed by atoms with Crippen molar-refractivity contribution in [1.29, 1.82) is 0 Å². The van der Waals surface area contributed by atoms with Crippen LogP contribution in [0.2, 0.25) is 0 Å². The van der Waals surface area contributed by atoms with E-state index < -0.39 is 0 Å². The molecule has 1 atom stereocenters. The lowest BCUT2D eigenvalue weighted by Crippen LogP contribution is -2.24. The number of nitrogens with one attached hydrogen (secondary N) is 1. The van der Waals surface area contributed by atoms with E-state index in [-0.39, 0.29) is 11.9 Å². The van der Waals surface area contributed by atoms with Crippen LogP contribution in [0.3, 0.4) is 0 Å². The Balaban J connectivity index is 1.70. The van der Waals surface area contributed by atoms with Gasteiger partial charge in [0.15, 0.2) is 11.5 Å². The fraction of sp³-hybridized carbons (Fsp3) is 0.182. The monoisotopic (exact) mass is 462 g/mol. The molecular formula is C22H19BrN6O. The molecule has 30 heavy (non-hydrogen) atoms. The summed E-state index contributed by atoms with van der Waals surface area (Å²) < 4.78 is 2.87. The van der Waals surface area contributed by atoms with E-state index in [1.807, 2.05) is 28.8 Å². The largest absolute Gasteiger partial charge is 0.383 e. The van der Waals surface area contributed by atoms with E-state index in [0.29, 0.717) is 11.6 Å². The van der Waals surface area contributed by atoms with Crippen LogP contribution in [0.25, 0.3) is 28.2 Å². The van der Waals surface area contributed by atoms with Crippen LogP contribution in [0.5, 0.6) is 0 Å². The Kier molecular flexibility index (Phi) is 4.51. The summed E-state index contributed by atoms with van der Waals surface area (Å²) >= 11 is 3.48. The standard InChI is InChI=1S/C22H19BrN6O/c1-12(30)27-18-7-4-13-9-15(5-6-16(13)18)29-21(17-3-2-8-25-20(17)24)28-19-10-14(23)11-26-22(19)29/h2-3,5-6,8-11,18H,4,7H2,1H3,(H2,24,25)(H,27,30)/t18-/m0/s1. The molecule has 8 heteroatoms. The molecule has 4 aromatic rings. The molecule has 0 spiro atoms. The van der Waals surface area contributed by atoms with Crippen molar-refractivity contribution in [3.8, 4) is 17.1 Å². The number of hydrogen-bond donors (Lipinski definition) is 2. The minimum atomic E-state index is -0.0124. The normalized spacial score (nSPS) is 15.3. The molecule has 1 aliphatic carbocycles. The van der Waals surface area contributed by atoms with E-state index in [1.54, 1.807) is 19.3 Å². The number of aromatic nitrogens is 4. The smallest absolute Gasteiger partial charge is 0.217 e. The van der Waals surface area contributed by atoms with Crippen LogP contribution in [0, 0.1) is 0 Å². The van der Waals surface area contributed by atoms with Gasteiger partial charge in [0.05, 0.1) is 11.6 Å². The van der Waals surface area contributed by atoms with Crippen molar-refractivity contribution in [3.05, 3.63) is 64.4 Å². The summed E-state index contributed by atoms with van der Waals surface area (Å²) in [5.74, 6) is 1.10. The van der Waals surface area contributed by atoms with Gasteiger partial charge in [0.2, 0.25) is 5.91 Å². The highest BCUT2D eigenvalue weighted by Gasteiger charge is 2.25. The number of hydrogen-bond acceptors (Lipinski definition) is 5. The Hall–Kier alpha value is -3.26. The molecule has 0 saturated carbocycles. The van der Waals surface area contributed by atoms with Gasteiger partial charge in [-0.05, 0) is 70.2 Å². The molecule has 150 valence electrons. The second kappa shape index (κ2) is 7.21. The maximum atomic E-state index is 11.5. The zero-order valence-electron chi connectivity index (χ0n) is 16.3. The van der Waals surface area contributed by atoms with Crippen LogP contribution < -0.4 is 11.1 Å². The summed E-state index contributed by atoms with van der Waals surface area (Å²) in [4.78, 5) is 25.2. The number of imidazole rings is 1. The number of pyridine rings is 2. The number of anilines is 1. The highest BCUT2D eigenvalue weighted by molar-refractivity contribution is 9.10. The van der Waals surface area contributed by atoms with Gasteiger partial charge in [0.25, 0.3) is 0 Å². The number of fused-ring (bicyclic) bond motifs is 2. The van der Waals surface area contributed by atoms with Gasteiger partial charge < -0.3 is 11.1 Å². The maximum absolute atomic E-state index is 11.5. The van der Waals surface area contributed by atoms with Crippen LogP contribution in [0.4, 0.5) is 5.82 Å². The topological polar surface area (TPSA) is 98.7 Å². The third-order valence-electron chi connectivity index (χ3n) is 5.38. The van der Waals surface area contributed by atoms with Crippen molar-refractivity contribution in [1.82, 2.24) is 24.8 Å². The van der Waals surface area contributed by atoms with E-state index in [2.05, 4.69) is 43.3 Å². The summed E-state index contributed by atoms with van der Waals surface area (Å²) in [5.41, 5.74) is 11.8. The van der Waals surface area contributed by atoms with Crippen molar-refractivity contribution < 1.29 is 4.79 Å². The number of nitrogens with two attached hydrogens (primary N) is 1. The first kappa shape index (κ1) is 18.7. The SMILES string of the molecule is CC(=O)N[C@H]1CCc2cc(-n3c(-c4cccnc4N)nc4cc(Br)cnc43)ccc21. The summed E-state index contributed by atoms with van der Waals surface area (Å²) in [6.07, 6.45) is 5.23. The molecule has 5 rings (SSSR count). The van der Waals surface area contributed by atoms with Gasteiger partial charge >= 0.3 is 0 Å². The van der Waals surface area contributed by atoms with Gasteiger partial charge in [0.1, 0.15) is 11.3 Å². The number of amides is 1. The number of benzene rings is 1. The van der Waals surface area contributed by atoms with Gasteiger partial charge in [-0.15, -0.1) is 0 Å². The minimum Gasteiger partial charge on any atom is -0.383 e. The highest BCUT2D eigenvalue weighted by Crippen LogP contribution is 2.35. The zero-order chi connectivity index (χ0) is 20.8. The third kappa shape index (κ3) is 3.13. The van der Waals surface area contributed by atoms with Crippen molar-refractivity contribution in [3.63, 3.8) is 0 Å². The van der Waals surface area contributed by atoms with E-state index >= 15 is 0 Å². The van der Waals surface area contributed by atoms with Crippen LogP contribution in [-0.4, -0.2) is 25.4 Å². The molecule has 0 bridgehead atoms. The fourth-order valence-corrected chi connectivity index (χ4v) is 4.43. The Morgan fingerprint density at radius 3 is 2.93 bits per heavy atom. The van der Waals surface area contributed by atoms with Crippen molar-refractivity contribution in [2.45, 2.75) is 25.8 Å². The molecule has 7 nitrogen and oxygen atoms in total. The molecule has 0 fully saturated rings. The number of nitrogen functional groups attached to an aromatic ring is 1. The molecule has 1 aliphatic rings. The molecule has 3 heterocycles. The van der Waals surface area contributed by atoms with Gasteiger partial charge in [-0.2, -0.15) is 0 Å². The number of rotatable bonds is 3. The van der Waals surface area contributed by atoms with Crippen LogP contribution >= 0.6 is 15.9 Å². The molecule has 0 saturated heterocycles. The predicted molar refractivity (Wildman–Crippen MR) is 119 cm³/mol.